The first-order valence-electron chi connectivity index (χ1n) is 6.37. The summed E-state index contributed by atoms with van der Waals surface area (Å²) in [4.78, 5) is 23.1. The maximum atomic E-state index is 12.8. The lowest BCUT2D eigenvalue weighted by atomic mass is 9.84. The van der Waals surface area contributed by atoms with E-state index in [1.54, 1.807) is 0 Å². The predicted octanol–water partition coefficient (Wildman–Crippen LogP) is 2.20. The number of hydrogen-bond donors (Lipinski definition) is 2. The van der Waals surface area contributed by atoms with Gasteiger partial charge in [-0.3, -0.25) is 9.59 Å². The first-order valence-corrected chi connectivity index (χ1v) is 6.37. The van der Waals surface area contributed by atoms with Crippen LogP contribution in [0.4, 0.5) is 4.39 Å². The summed E-state index contributed by atoms with van der Waals surface area (Å²) in [6.07, 6.45) is 3.05. The third-order valence-electron chi connectivity index (χ3n) is 3.51. The van der Waals surface area contributed by atoms with E-state index in [1.807, 2.05) is 0 Å². The van der Waals surface area contributed by atoms with Gasteiger partial charge in [-0.25, -0.2) is 4.39 Å². The molecule has 0 aliphatic heterocycles. The highest BCUT2D eigenvalue weighted by atomic mass is 19.1. The van der Waals surface area contributed by atoms with E-state index in [0.29, 0.717) is 18.4 Å². The summed E-state index contributed by atoms with van der Waals surface area (Å²) >= 11 is 0. The molecule has 0 radical (unpaired) electrons. The van der Waals surface area contributed by atoms with Crippen molar-refractivity contribution >= 4 is 11.9 Å². The molecule has 0 heterocycles. The Morgan fingerprint density at radius 2 is 1.79 bits per heavy atom. The molecular weight excluding hydrogens is 249 g/mol. The lowest BCUT2D eigenvalue weighted by molar-refractivity contribution is -0.143. The van der Waals surface area contributed by atoms with E-state index >= 15 is 0 Å². The van der Waals surface area contributed by atoms with Gasteiger partial charge in [0.05, 0.1) is 5.92 Å². The van der Waals surface area contributed by atoms with Gasteiger partial charge in [-0.1, -0.05) is 12.8 Å². The number of carbonyl (C=O) groups excluding carboxylic acids is 1. The zero-order valence-corrected chi connectivity index (χ0v) is 10.4. The maximum absolute atomic E-state index is 12.8. The molecular formula is C14H16FNO3. The highest BCUT2D eigenvalue weighted by Crippen LogP contribution is 2.25. The summed E-state index contributed by atoms with van der Waals surface area (Å²) < 4.78 is 12.8. The molecule has 0 bridgehead atoms. The summed E-state index contributed by atoms with van der Waals surface area (Å²) in [5, 5.41) is 11.9. The van der Waals surface area contributed by atoms with Crippen LogP contribution in [0.25, 0.3) is 0 Å². The van der Waals surface area contributed by atoms with E-state index < -0.39 is 17.7 Å². The van der Waals surface area contributed by atoms with Gasteiger partial charge in [0.1, 0.15) is 5.82 Å². The second-order valence-electron chi connectivity index (χ2n) is 4.82. The van der Waals surface area contributed by atoms with Gasteiger partial charge >= 0.3 is 5.97 Å². The maximum Gasteiger partial charge on any atom is 0.308 e. The summed E-state index contributed by atoms with van der Waals surface area (Å²) in [6.45, 7) is 0. The van der Waals surface area contributed by atoms with Gasteiger partial charge in [0.25, 0.3) is 5.91 Å². The smallest absolute Gasteiger partial charge is 0.308 e. The van der Waals surface area contributed by atoms with Crippen LogP contribution >= 0.6 is 0 Å². The average molecular weight is 265 g/mol. The Bertz CT molecular complexity index is 472. The molecule has 1 aromatic carbocycles. The third-order valence-corrected chi connectivity index (χ3v) is 3.51. The van der Waals surface area contributed by atoms with Crippen LogP contribution in [0.5, 0.6) is 0 Å². The summed E-state index contributed by atoms with van der Waals surface area (Å²) in [6, 6.07) is 4.87. The molecule has 19 heavy (non-hydrogen) atoms. The van der Waals surface area contributed by atoms with Crippen molar-refractivity contribution in [2.45, 2.75) is 31.7 Å². The Kier molecular flexibility index (Phi) is 4.14. The SMILES string of the molecule is O=C(NC1CCCCC1C(=O)O)c1ccc(F)cc1. The molecule has 2 rings (SSSR count). The van der Waals surface area contributed by atoms with Crippen molar-refractivity contribution in [2.75, 3.05) is 0 Å². The number of aliphatic carboxylic acids is 1. The minimum atomic E-state index is -0.871. The third kappa shape index (κ3) is 3.30. The van der Waals surface area contributed by atoms with Crippen molar-refractivity contribution in [3.63, 3.8) is 0 Å². The van der Waals surface area contributed by atoms with Gasteiger partial charge in [-0.15, -0.1) is 0 Å². The second-order valence-corrected chi connectivity index (χ2v) is 4.82. The second kappa shape index (κ2) is 5.82. The number of amides is 1. The van der Waals surface area contributed by atoms with E-state index in [2.05, 4.69) is 5.32 Å². The van der Waals surface area contributed by atoms with Crippen molar-refractivity contribution < 1.29 is 19.1 Å². The van der Waals surface area contributed by atoms with Gasteiger partial charge in [-0.05, 0) is 37.1 Å². The Morgan fingerprint density at radius 3 is 2.42 bits per heavy atom. The van der Waals surface area contributed by atoms with Gasteiger partial charge in [0.2, 0.25) is 0 Å². The van der Waals surface area contributed by atoms with E-state index in [-0.39, 0.29) is 11.9 Å². The molecule has 2 N–H and O–H groups in total. The number of benzene rings is 1. The van der Waals surface area contributed by atoms with Crippen molar-refractivity contribution in [2.24, 2.45) is 5.92 Å². The van der Waals surface area contributed by atoms with Crippen LogP contribution in [-0.2, 0) is 4.79 Å². The van der Waals surface area contributed by atoms with Crippen LogP contribution < -0.4 is 5.32 Å². The number of halogens is 1. The molecule has 5 heteroatoms. The molecule has 1 aromatic rings. The highest BCUT2D eigenvalue weighted by Gasteiger charge is 2.31. The lowest BCUT2D eigenvalue weighted by Crippen LogP contribution is -2.45. The summed E-state index contributed by atoms with van der Waals surface area (Å²) in [7, 11) is 0. The van der Waals surface area contributed by atoms with Crippen LogP contribution in [0.2, 0.25) is 0 Å². The van der Waals surface area contributed by atoms with Gasteiger partial charge in [0, 0.05) is 11.6 Å². The molecule has 0 saturated heterocycles. The number of carboxylic acids is 1. The first-order chi connectivity index (χ1) is 9.08. The molecule has 2 unspecified atom stereocenters. The van der Waals surface area contributed by atoms with Gasteiger partial charge in [-0.2, -0.15) is 0 Å². The molecule has 4 nitrogen and oxygen atoms in total. The van der Waals surface area contributed by atoms with E-state index in [4.69, 9.17) is 5.11 Å². The van der Waals surface area contributed by atoms with Gasteiger partial charge in [0.15, 0.2) is 0 Å². The molecule has 0 aromatic heterocycles. The van der Waals surface area contributed by atoms with E-state index in [1.165, 1.54) is 24.3 Å². The number of rotatable bonds is 3. The fourth-order valence-corrected chi connectivity index (χ4v) is 2.45. The Hall–Kier alpha value is -1.91. The van der Waals surface area contributed by atoms with E-state index in [9.17, 15) is 14.0 Å². The fourth-order valence-electron chi connectivity index (χ4n) is 2.45. The lowest BCUT2D eigenvalue weighted by Gasteiger charge is -2.29. The number of carboxylic acid groups (broad SMARTS) is 1. The van der Waals surface area contributed by atoms with E-state index in [0.717, 1.165) is 12.8 Å². The molecule has 1 aliphatic carbocycles. The highest BCUT2D eigenvalue weighted by molar-refractivity contribution is 5.94. The largest absolute Gasteiger partial charge is 0.481 e. The number of nitrogens with one attached hydrogen (secondary N) is 1. The monoisotopic (exact) mass is 265 g/mol. The van der Waals surface area contributed by atoms with Gasteiger partial charge < -0.3 is 10.4 Å². The summed E-state index contributed by atoms with van der Waals surface area (Å²) in [5.74, 6) is -2.15. The summed E-state index contributed by atoms with van der Waals surface area (Å²) in [5.41, 5.74) is 0.344. The minimum Gasteiger partial charge on any atom is -0.481 e. The standard InChI is InChI=1S/C14H16FNO3/c15-10-7-5-9(6-8-10)13(17)16-12-4-2-1-3-11(12)14(18)19/h5-8,11-12H,1-4H2,(H,16,17)(H,18,19). The Morgan fingerprint density at radius 1 is 1.16 bits per heavy atom. The molecule has 0 spiro atoms. The quantitative estimate of drug-likeness (QED) is 0.880. The average Bonchev–Trinajstić information content (AvgIpc) is 2.39. The fraction of sp³-hybridized carbons (Fsp3) is 0.429. The van der Waals surface area contributed by atoms with Crippen molar-refractivity contribution in [1.82, 2.24) is 5.32 Å². The zero-order chi connectivity index (χ0) is 13.8. The Labute approximate surface area is 110 Å². The van der Waals surface area contributed by atoms with Crippen LogP contribution in [0.15, 0.2) is 24.3 Å². The number of hydrogen-bond acceptors (Lipinski definition) is 2. The predicted molar refractivity (Wildman–Crippen MR) is 67.2 cm³/mol. The molecule has 1 saturated carbocycles. The zero-order valence-electron chi connectivity index (χ0n) is 10.4. The van der Waals surface area contributed by atoms with Crippen LogP contribution in [0.1, 0.15) is 36.0 Å². The molecule has 2 atom stereocenters. The molecule has 1 fully saturated rings. The molecule has 102 valence electrons. The Balaban J connectivity index is 2.04. The first kappa shape index (κ1) is 13.5. The van der Waals surface area contributed by atoms with Crippen LogP contribution in [-0.4, -0.2) is 23.0 Å². The van der Waals surface area contributed by atoms with Crippen molar-refractivity contribution in [1.29, 1.82) is 0 Å². The van der Waals surface area contributed by atoms with Crippen LogP contribution in [0, 0.1) is 11.7 Å². The number of carbonyl (C=O) groups is 2. The van der Waals surface area contributed by atoms with Crippen molar-refractivity contribution in [3.8, 4) is 0 Å². The van der Waals surface area contributed by atoms with Crippen molar-refractivity contribution in [3.05, 3.63) is 35.6 Å². The normalized spacial score (nSPS) is 22.8. The van der Waals surface area contributed by atoms with Crippen LogP contribution in [0.3, 0.4) is 0 Å². The molecule has 1 amide bonds. The minimum absolute atomic E-state index is 0.344. The molecule has 1 aliphatic rings. The topological polar surface area (TPSA) is 66.4 Å².